The highest BCUT2D eigenvalue weighted by Gasteiger charge is 2.43. The molecule has 1 fully saturated rings. The number of nitrogens with one attached hydrogen (secondary N) is 1. The van der Waals surface area contributed by atoms with E-state index in [1.54, 1.807) is 12.1 Å². The Bertz CT molecular complexity index is 1410. The molecule has 2 N–H and O–H groups in total. The Balaban J connectivity index is 1.41. The minimum Gasteiger partial charge on any atom is -0.490 e. The number of halogens is 1. The van der Waals surface area contributed by atoms with E-state index < -0.39 is 21.7 Å². The summed E-state index contributed by atoms with van der Waals surface area (Å²) < 4.78 is 22.2. The summed E-state index contributed by atoms with van der Waals surface area (Å²) in [6.45, 7) is 2.16. The number of ether oxygens (including phenoxy) is 1. The molecule has 39 heavy (non-hydrogen) atoms. The van der Waals surface area contributed by atoms with Gasteiger partial charge >= 0.3 is 0 Å². The zero-order valence-electron chi connectivity index (χ0n) is 22.2. The third-order valence-electron chi connectivity index (χ3n) is 9.12. The summed E-state index contributed by atoms with van der Waals surface area (Å²) in [6, 6.07) is 11.8. The summed E-state index contributed by atoms with van der Waals surface area (Å²) in [5.74, 6) is 5.26. The topological polar surface area (TPSA) is 78.9 Å². The summed E-state index contributed by atoms with van der Waals surface area (Å²) in [5, 5.41) is 11.5. The van der Waals surface area contributed by atoms with Gasteiger partial charge in [0.05, 0.1) is 18.4 Å². The lowest BCUT2D eigenvalue weighted by Crippen LogP contribution is -2.48. The Labute approximate surface area is 236 Å². The molecule has 8 heteroatoms. The van der Waals surface area contributed by atoms with Gasteiger partial charge in [0.15, 0.2) is 0 Å². The number of nitrogens with zero attached hydrogens (tertiary/aromatic N) is 1. The van der Waals surface area contributed by atoms with Gasteiger partial charge in [-0.1, -0.05) is 29.8 Å². The molecule has 1 spiro atoms. The fourth-order valence-corrected chi connectivity index (χ4v) is 8.18. The van der Waals surface area contributed by atoms with Crippen molar-refractivity contribution in [2.24, 2.45) is 11.8 Å². The second-order valence-corrected chi connectivity index (χ2v) is 14.5. The molecule has 1 amide bonds. The molecule has 0 radical (unpaired) electrons. The van der Waals surface area contributed by atoms with Gasteiger partial charge in [-0.15, -0.1) is 0 Å². The second kappa shape index (κ2) is 10.5. The minimum atomic E-state index is -2.82. The second-order valence-electron chi connectivity index (χ2n) is 11.9. The van der Waals surface area contributed by atoms with Crippen LogP contribution in [0.15, 0.2) is 48.6 Å². The first-order valence-electron chi connectivity index (χ1n) is 14.0. The number of aryl methyl sites for hydroxylation is 1. The predicted octanol–water partition coefficient (Wildman–Crippen LogP) is 4.91. The Hall–Kier alpha value is -2.48. The lowest BCUT2D eigenvalue weighted by Gasteiger charge is -2.45. The van der Waals surface area contributed by atoms with Crippen LogP contribution in [0.25, 0.3) is 0 Å². The number of hydrogen-bond acceptors (Lipinski definition) is 5. The SMILES string of the molecule is C=S1(=O)CC/C=C\[C@@H](O)C[C@@H]2CC[C@H]2CN2C[C@@]3(CCCc4cc(Cl)ccc43)COc3ccc(cc32)C(=O)N1. The molecule has 1 saturated carbocycles. The van der Waals surface area contributed by atoms with Gasteiger partial charge < -0.3 is 14.7 Å². The number of aliphatic hydroxyl groups excluding tert-OH is 1. The highest BCUT2D eigenvalue weighted by molar-refractivity contribution is 7.99. The summed E-state index contributed by atoms with van der Waals surface area (Å²) in [6.07, 6.45) is 9.65. The molecule has 1 unspecified atom stereocenters. The third kappa shape index (κ3) is 5.46. The molecule has 6 rings (SSSR count). The molecule has 5 atom stereocenters. The number of carbonyl (C=O) groups excluding carboxylic acids is 1. The van der Waals surface area contributed by atoms with Crippen LogP contribution in [0.3, 0.4) is 0 Å². The maximum Gasteiger partial charge on any atom is 0.262 e. The molecular weight excluding hydrogens is 532 g/mol. The number of aliphatic hydroxyl groups is 1. The highest BCUT2D eigenvalue weighted by atomic mass is 35.5. The van der Waals surface area contributed by atoms with Crippen molar-refractivity contribution < 1.29 is 18.8 Å². The molecule has 2 aliphatic carbocycles. The Morgan fingerprint density at radius 1 is 1.18 bits per heavy atom. The average molecular weight is 569 g/mol. The van der Waals surface area contributed by atoms with Gasteiger partial charge in [0.25, 0.3) is 5.91 Å². The molecular formula is C31H37ClN2O4S. The van der Waals surface area contributed by atoms with Crippen molar-refractivity contribution in [3.05, 3.63) is 70.3 Å². The lowest BCUT2D eigenvalue weighted by atomic mass is 9.68. The zero-order chi connectivity index (χ0) is 27.2. The van der Waals surface area contributed by atoms with Gasteiger partial charge in [-0.2, -0.15) is 0 Å². The molecule has 2 bridgehead atoms. The van der Waals surface area contributed by atoms with Crippen molar-refractivity contribution in [1.82, 2.24) is 4.72 Å². The van der Waals surface area contributed by atoms with Crippen LogP contribution in [-0.2, 0) is 21.5 Å². The molecule has 2 heterocycles. The maximum atomic E-state index is 13.2. The van der Waals surface area contributed by atoms with E-state index in [1.807, 2.05) is 24.3 Å². The van der Waals surface area contributed by atoms with Crippen LogP contribution >= 0.6 is 11.6 Å². The van der Waals surface area contributed by atoms with Crippen LogP contribution in [0, 0.1) is 11.8 Å². The normalized spacial score (nSPS) is 33.5. The molecule has 208 valence electrons. The van der Waals surface area contributed by atoms with Crippen molar-refractivity contribution in [2.45, 2.75) is 56.5 Å². The van der Waals surface area contributed by atoms with Gasteiger partial charge in [0.1, 0.15) is 5.75 Å². The standard InChI is InChI=1S/C31H37ClN2O4S/c1-39(37)14-3-2-6-26(35)16-21-7-8-24(21)18-34-19-31(13-4-5-22-15-25(32)10-11-27(22)31)20-38-29-12-9-23(17-28(29)34)30(36)33-39/h2,6,9-12,15,17,21,24,26,35H,1,3-5,7-8,13-14,16,18-20H2,(H,33,36,37)/b6-2-/t21-,24-,26+,31-,39?/m0/s1. The largest absolute Gasteiger partial charge is 0.490 e. The number of carbonyl (C=O) groups is 1. The summed E-state index contributed by atoms with van der Waals surface area (Å²) in [4.78, 5) is 15.6. The number of anilines is 1. The number of benzene rings is 2. The molecule has 2 aromatic rings. The Morgan fingerprint density at radius 3 is 2.85 bits per heavy atom. The summed E-state index contributed by atoms with van der Waals surface area (Å²) in [7, 11) is -2.82. The van der Waals surface area contributed by atoms with Crippen LogP contribution in [0.5, 0.6) is 5.75 Å². The van der Waals surface area contributed by atoms with Crippen molar-refractivity contribution in [3.63, 3.8) is 0 Å². The first-order chi connectivity index (χ1) is 18.7. The van der Waals surface area contributed by atoms with Crippen LogP contribution in [-0.4, -0.2) is 52.6 Å². The van der Waals surface area contributed by atoms with Crippen molar-refractivity contribution >= 4 is 38.8 Å². The number of amides is 1. The quantitative estimate of drug-likeness (QED) is 0.349. The van der Waals surface area contributed by atoms with E-state index in [0.717, 1.165) is 68.1 Å². The summed E-state index contributed by atoms with van der Waals surface area (Å²) >= 11 is 6.38. The van der Waals surface area contributed by atoms with Gasteiger partial charge in [-0.3, -0.25) is 9.52 Å². The molecule has 6 nitrogen and oxygen atoms in total. The van der Waals surface area contributed by atoms with Crippen LogP contribution in [0.1, 0.15) is 60.0 Å². The van der Waals surface area contributed by atoms with E-state index >= 15 is 0 Å². The lowest BCUT2D eigenvalue weighted by molar-refractivity contribution is 0.0981. The van der Waals surface area contributed by atoms with Gasteiger partial charge in [0.2, 0.25) is 0 Å². The molecule has 4 aliphatic rings. The van der Waals surface area contributed by atoms with Crippen LogP contribution < -0.4 is 14.4 Å². The van der Waals surface area contributed by atoms with Gasteiger partial charge in [0, 0.05) is 44.6 Å². The number of hydrogen-bond donors (Lipinski definition) is 2. The van der Waals surface area contributed by atoms with E-state index in [2.05, 4.69) is 27.6 Å². The van der Waals surface area contributed by atoms with Crippen molar-refractivity contribution in [3.8, 4) is 5.75 Å². The zero-order valence-corrected chi connectivity index (χ0v) is 23.8. The molecule has 2 aromatic carbocycles. The van der Waals surface area contributed by atoms with E-state index in [4.69, 9.17) is 16.3 Å². The average Bonchev–Trinajstić information content (AvgIpc) is 3.04. The monoisotopic (exact) mass is 568 g/mol. The van der Waals surface area contributed by atoms with Crippen molar-refractivity contribution in [2.75, 3.05) is 30.3 Å². The Morgan fingerprint density at radius 2 is 2.03 bits per heavy atom. The van der Waals surface area contributed by atoms with Gasteiger partial charge in [-0.25, -0.2) is 4.21 Å². The predicted molar refractivity (Wildman–Crippen MR) is 158 cm³/mol. The van der Waals surface area contributed by atoms with Crippen LogP contribution in [0.4, 0.5) is 5.69 Å². The van der Waals surface area contributed by atoms with E-state index in [-0.39, 0.29) is 11.2 Å². The van der Waals surface area contributed by atoms with E-state index in [1.165, 1.54) is 11.1 Å². The summed E-state index contributed by atoms with van der Waals surface area (Å²) in [5.41, 5.74) is 3.75. The smallest absolute Gasteiger partial charge is 0.262 e. The fraction of sp³-hybridized carbons (Fsp3) is 0.484. The van der Waals surface area contributed by atoms with E-state index in [9.17, 15) is 14.1 Å². The Kier molecular flexibility index (Phi) is 7.19. The van der Waals surface area contributed by atoms with Crippen molar-refractivity contribution in [1.29, 1.82) is 0 Å². The number of rotatable bonds is 0. The first-order valence-corrected chi connectivity index (χ1v) is 16.3. The molecule has 0 aromatic heterocycles. The van der Waals surface area contributed by atoms with E-state index in [0.29, 0.717) is 30.4 Å². The number of fused-ring (bicyclic) bond motifs is 4. The number of allylic oxidation sites excluding steroid dienone is 1. The maximum absolute atomic E-state index is 13.2. The van der Waals surface area contributed by atoms with Gasteiger partial charge in [-0.05, 0) is 104 Å². The minimum absolute atomic E-state index is 0.191. The fourth-order valence-electron chi connectivity index (χ4n) is 6.91. The molecule has 2 aliphatic heterocycles. The highest BCUT2D eigenvalue weighted by Crippen LogP contribution is 2.46. The van der Waals surface area contributed by atoms with Crippen LogP contribution in [0.2, 0.25) is 5.02 Å². The third-order valence-corrected chi connectivity index (χ3v) is 10.8. The first kappa shape index (κ1) is 26.7. The molecule has 0 saturated heterocycles.